The van der Waals surface area contributed by atoms with Crippen molar-refractivity contribution < 1.29 is 22.9 Å². The molecule has 0 spiro atoms. The molecule has 0 unspecified atom stereocenters. The van der Waals surface area contributed by atoms with Gasteiger partial charge in [0.15, 0.2) is 5.88 Å². The third kappa shape index (κ3) is 2.61. The minimum atomic E-state index is -4.20. The molecule has 1 aliphatic rings. The Morgan fingerprint density at radius 3 is 2.60 bits per heavy atom. The van der Waals surface area contributed by atoms with Crippen molar-refractivity contribution in [2.45, 2.75) is 5.75 Å². The number of carbonyl (C=O) groups excluding carboxylic acids is 1. The number of benzene rings is 2. The van der Waals surface area contributed by atoms with Crippen LogP contribution in [0.3, 0.4) is 0 Å². The van der Waals surface area contributed by atoms with Crippen molar-refractivity contribution in [3.8, 4) is 5.88 Å². The molecule has 4 rings (SSSR count). The fourth-order valence-corrected chi connectivity index (χ4v) is 3.60. The molecule has 1 aliphatic heterocycles. The molecule has 0 amide bonds. The molecule has 2 heterocycles. The Morgan fingerprint density at radius 2 is 1.88 bits per heavy atom. The van der Waals surface area contributed by atoms with Gasteiger partial charge in [0.2, 0.25) is 5.78 Å². The summed E-state index contributed by atoms with van der Waals surface area (Å²) in [7, 11) is -4.20. The van der Waals surface area contributed by atoms with Gasteiger partial charge in [-0.2, -0.15) is 8.42 Å². The number of aliphatic imine (C=N–C) groups is 1. The Kier molecular flexibility index (Phi) is 3.28. The van der Waals surface area contributed by atoms with Crippen LogP contribution in [0.4, 0.5) is 5.69 Å². The van der Waals surface area contributed by atoms with E-state index in [4.69, 9.17) is 4.55 Å². The molecule has 25 heavy (non-hydrogen) atoms. The summed E-state index contributed by atoms with van der Waals surface area (Å²) in [6, 6.07) is 11.5. The predicted octanol–water partition coefficient (Wildman–Crippen LogP) is 2.58. The van der Waals surface area contributed by atoms with Gasteiger partial charge in [0.05, 0.1) is 11.3 Å². The standard InChI is InChI=1S/C17H12N2O5S/c20-16-10-3-1-2-4-12(10)18-15(16)14-11-7-9(8-25(22,23)24)5-6-13(11)19-17(14)21/h1-7,19,21H,8H2,(H,22,23,24). The van der Waals surface area contributed by atoms with Crippen LogP contribution in [0.5, 0.6) is 5.88 Å². The maximum absolute atomic E-state index is 12.6. The number of aromatic hydroxyl groups is 1. The Bertz CT molecular complexity index is 1170. The first kappa shape index (κ1) is 15.6. The molecular weight excluding hydrogens is 344 g/mol. The molecular formula is C17H12N2O5S. The van der Waals surface area contributed by atoms with Crippen LogP contribution in [-0.4, -0.2) is 34.6 Å². The maximum Gasteiger partial charge on any atom is 0.269 e. The molecule has 3 N–H and O–H groups in total. The summed E-state index contributed by atoms with van der Waals surface area (Å²) >= 11 is 0. The highest BCUT2D eigenvalue weighted by molar-refractivity contribution is 7.85. The number of aromatic nitrogens is 1. The molecule has 2 aromatic carbocycles. The highest BCUT2D eigenvalue weighted by Crippen LogP contribution is 2.35. The molecule has 0 fully saturated rings. The van der Waals surface area contributed by atoms with Gasteiger partial charge in [-0.1, -0.05) is 18.2 Å². The van der Waals surface area contributed by atoms with E-state index in [0.717, 1.165) is 0 Å². The molecule has 0 saturated carbocycles. The zero-order chi connectivity index (χ0) is 17.8. The fourth-order valence-electron chi connectivity index (χ4n) is 3.00. The van der Waals surface area contributed by atoms with Crippen molar-refractivity contribution in [2.75, 3.05) is 0 Å². The van der Waals surface area contributed by atoms with Gasteiger partial charge in [-0.25, -0.2) is 4.99 Å². The fraction of sp³-hybridized carbons (Fsp3) is 0.0588. The minimum Gasteiger partial charge on any atom is -0.494 e. The van der Waals surface area contributed by atoms with Crippen LogP contribution in [0, 0.1) is 0 Å². The number of fused-ring (bicyclic) bond motifs is 2. The van der Waals surface area contributed by atoms with Crippen molar-refractivity contribution in [1.82, 2.24) is 4.98 Å². The van der Waals surface area contributed by atoms with Crippen LogP contribution in [0.25, 0.3) is 10.9 Å². The average Bonchev–Trinajstić information content (AvgIpc) is 3.02. The number of nitrogens with one attached hydrogen (secondary N) is 1. The number of para-hydroxylation sites is 1. The van der Waals surface area contributed by atoms with Crippen LogP contribution in [0.15, 0.2) is 47.5 Å². The van der Waals surface area contributed by atoms with Gasteiger partial charge in [-0.3, -0.25) is 9.35 Å². The third-order valence-corrected chi connectivity index (χ3v) is 4.72. The quantitative estimate of drug-likeness (QED) is 0.623. The predicted molar refractivity (Wildman–Crippen MR) is 92.2 cm³/mol. The minimum absolute atomic E-state index is 0.0916. The van der Waals surface area contributed by atoms with Gasteiger partial charge in [0.1, 0.15) is 11.5 Å². The van der Waals surface area contributed by atoms with Gasteiger partial charge < -0.3 is 10.1 Å². The van der Waals surface area contributed by atoms with Crippen molar-refractivity contribution in [3.05, 3.63) is 59.2 Å². The number of rotatable bonds is 3. The monoisotopic (exact) mass is 356 g/mol. The molecule has 8 heteroatoms. The van der Waals surface area contributed by atoms with Crippen molar-refractivity contribution in [3.63, 3.8) is 0 Å². The van der Waals surface area contributed by atoms with Crippen LogP contribution in [0.2, 0.25) is 0 Å². The van der Waals surface area contributed by atoms with E-state index in [1.54, 1.807) is 30.3 Å². The lowest BCUT2D eigenvalue weighted by molar-refractivity contribution is 0.107. The van der Waals surface area contributed by atoms with Gasteiger partial charge >= 0.3 is 0 Å². The topological polar surface area (TPSA) is 120 Å². The smallest absolute Gasteiger partial charge is 0.269 e. The van der Waals surface area contributed by atoms with Gasteiger partial charge in [0.25, 0.3) is 10.1 Å². The molecule has 7 nitrogen and oxygen atoms in total. The number of hydrogen-bond acceptors (Lipinski definition) is 5. The van der Waals surface area contributed by atoms with Crippen LogP contribution >= 0.6 is 0 Å². The highest BCUT2D eigenvalue weighted by atomic mass is 32.2. The molecule has 3 aromatic rings. The van der Waals surface area contributed by atoms with E-state index >= 15 is 0 Å². The van der Waals surface area contributed by atoms with Gasteiger partial charge in [-0.05, 0) is 29.8 Å². The molecule has 0 radical (unpaired) electrons. The summed E-state index contributed by atoms with van der Waals surface area (Å²) in [6.45, 7) is 0. The summed E-state index contributed by atoms with van der Waals surface area (Å²) in [5.41, 5.74) is 2.13. The number of H-pyrrole nitrogens is 1. The lowest BCUT2D eigenvalue weighted by Gasteiger charge is -2.02. The van der Waals surface area contributed by atoms with E-state index in [2.05, 4.69) is 9.98 Å². The van der Waals surface area contributed by atoms with E-state index in [1.165, 1.54) is 12.1 Å². The SMILES string of the molecule is O=C1C(c2c(O)[nH]c3ccc(CS(=O)(=O)O)cc23)=Nc2ccccc21. The number of ketones is 1. The zero-order valence-electron chi connectivity index (χ0n) is 12.7. The van der Waals surface area contributed by atoms with E-state index in [-0.39, 0.29) is 22.9 Å². The summed E-state index contributed by atoms with van der Waals surface area (Å²) in [4.78, 5) is 19.7. The van der Waals surface area contributed by atoms with Crippen LogP contribution in [0.1, 0.15) is 21.5 Å². The van der Waals surface area contributed by atoms with Gasteiger partial charge in [0, 0.05) is 16.5 Å². The Morgan fingerprint density at radius 1 is 1.12 bits per heavy atom. The number of aromatic amines is 1. The third-order valence-electron chi connectivity index (χ3n) is 4.03. The molecule has 0 atom stereocenters. The van der Waals surface area contributed by atoms with E-state index in [0.29, 0.717) is 27.7 Å². The molecule has 0 saturated heterocycles. The lowest BCUT2D eigenvalue weighted by Crippen LogP contribution is -2.11. The second kappa shape index (κ2) is 5.27. The molecule has 1 aromatic heterocycles. The van der Waals surface area contributed by atoms with E-state index in [9.17, 15) is 18.3 Å². The van der Waals surface area contributed by atoms with Crippen molar-refractivity contribution in [1.29, 1.82) is 0 Å². The zero-order valence-corrected chi connectivity index (χ0v) is 13.5. The maximum atomic E-state index is 12.6. The van der Waals surface area contributed by atoms with Crippen LogP contribution in [-0.2, 0) is 15.9 Å². The highest BCUT2D eigenvalue weighted by Gasteiger charge is 2.30. The van der Waals surface area contributed by atoms with Gasteiger partial charge in [-0.15, -0.1) is 0 Å². The number of carbonyl (C=O) groups is 1. The Balaban J connectivity index is 1.89. The first-order valence-electron chi connectivity index (χ1n) is 7.35. The summed E-state index contributed by atoms with van der Waals surface area (Å²) in [5, 5.41) is 10.7. The van der Waals surface area contributed by atoms with Crippen LogP contribution < -0.4 is 0 Å². The van der Waals surface area contributed by atoms with Crippen molar-refractivity contribution >= 4 is 38.2 Å². The van der Waals surface area contributed by atoms with E-state index < -0.39 is 15.9 Å². The molecule has 0 bridgehead atoms. The first-order valence-corrected chi connectivity index (χ1v) is 8.96. The summed E-state index contributed by atoms with van der Waals surface area (Å²) in [5.74, 6) is -1.10. The average molecular weight is 356 g/mol. The number of Topliss-reactive ketones (excluding diaryl/α,β-unsaturated/α-hetero) is 1. The Labute approximate surface area is 142 Å². The second-order valence-corrected chi connectivity index (χ2v) is 7.21. The molecule has 126 valence electrons. The van der Waals surface area contributed by atoms with Crippen molar-refractivity contribution in [2.24, 2.45) is 4.99 Å². The normalized spacial score (nSPS) is 14.0. The number of nitrogens with zero attached hydrogens (tertiary/aromatic N) is 1. The lowest BCUT2D eigenvalue weighted by atomic mass is 10.0. The largest absolute Gasteiger partial charge is 0.494 e. The molecule has 0 aliphatic carbocycles. The number of hydrogen-bond donors (Lipinski definition) is 3. The Hall–Kier alpha value is -2.97. The first-order chi connectivity index (χ1) is 11.8. The summed E-state index contributed by atoms with van der Waals surface area (Å²) < 4.78 is 31.2. The van der Waals surface area contributed by atoms with E-state index in [1.807, 2.05) is 0 Å². The summed E-state index contributed by atoms with van der Waals surface area (Å²) in [6.07, 6.45) is 0. The second-order valence-electron chi connectivity index (χ2n) is 5.76.